The molecule has 0 saturated carbocycles. The van der Waals surface area contributed by atoms with E-state index in [1.165, 1.54) is 24.4 Å². The predicted octanol–water partition coefficient (Wildman–Crippen LogP) is 4.71. The van der Waals surface area contributed by atoms with Crippen molar-refractivity contribution in [3.8, 4) is 5.75 Å². The van der Waals surface area contributed by atoms with Crippen molar-refractivity contribution in [2.24, 2.45) is 0 Å². The number of nitrogens with one attached hydrogen (secondary N) is 1. The molecule has 0 radical (unpaired) electrons. The van der Waals surface area contributed by atoms with Gasteiger partial charge in [-0.25, -0.2) is 4.39 Å². The predicted molar refractivity (Wildman–Crippen MR) is 94.4 cm³/mol. The number of carbonyl (C=O) groups is 1. The van der Waals surface area contributed by atoms with Gasteiger partial charge in [0.05, 0.1) is 0 Å². The molecular weight excluding hydrogens is 343 g/mol. The van der Waals surface area contributed by atoms with Crippen LogP contribution in [-0.4, -0.2) is 10.9 Å². The number of benzene rings is 2. The first kappa shape index (κ1) is 16.9. The average molecular weight is 357 g/mol. The summed E-state index contributed by atoms with van der Waals surface area (Å²) in [7, 11) is 0. The van der Waals surface area contributed by atoms with Crippen molar-refractivity contribution in [1.82, 2.24) is 4.98 Å². The minimum atomic E-state index is -0.363. The number of anilines is 1. The summed E-state index contributed by atoms with van der Waals surface area (Å²) in [4.78, 5) is 16.2. The normalized spacial score (nSPS) is 10.3. The fourth-order valence-corrected chi connectivity index (χ4v) is 2.29. The highest BCUT2D eigenvalue weighted by Gasteiger charge is 2.08. The summed E-state index contributed by atoms with van der Waals surface area (Å²) >= 11 is 5.86. The van der Waals surface area contributed by atoms with Crippen LogP contribution in [0.2, 0.25) is 5.02 Å². The van der Waals surface area contributed by atoms with Crippen LogP contribution in [0, 0.1) is 5.82 Å². The molecule has 3 rings (SSSR count). The number of nitrogens with zero attached hydrogens (tertiary/aromatic N) is 1. The molecule has 0 fully saturated rings. The summed E-state index contributed by atoms with van der Waals surface area (Å²) in [6.07, 6.45) is 1.47. The minimum Gasteiger partial charge on any atom is -0.489 e. The zero-order chi connectivity index (χ0) is 17.6. The van der Waals surface area contributed by atoms with Gasteiger partial charge < -0.3 is 10.1 Å². The molecule has 0 bridgehead atoms. The summed E-state index contributed by atoms with van der Waals surface area (Å²) in [5.74, 6) is -0.0672. The molecule has 4 nitrogen and oxygen atoms in total. The first-order valence-corrected chi connectivity index (χ1v) is 7.88. The Kier molecular flexibility index (Phi) is 5.26. The molecule has 1 aromatic heterocycles. The van der Waals surface area contributed by atoms with Crippen LogP contribution in [0.1, 0.15) is 16.1 Å². The lowest BCUT2D eigenvalue weighted by Crippen LogP contribution is -2.13. The second-order valence-electron chi connectivity index (χ2n) is 5.26. The Morgan fingerprint density at radius 3 is 2.68 bits per heavy atom. The monoisotopic (exact) mass is 356 g/mol. The largest absolute Gasteiger partial charge is 0.489 e. The number of hydrogen-bond acceptors (Lipinski definition) is 3. The lowest BCUT2D eigenvalue weighted by Gasteiger charge is -2.09. The minimum absolute atomic E-state index is 0.227. The second kappa shape index (κ2) is 7.77. The SMILES string of the molecule is O=C(Nc1cccc(OCc2ccc(F)cc2)c1)c1cc(Cl)ccn1. The van der Waals surface area contributed by atoms with E-state index in [1.807, 2.05) is 0 Å². The fraction of sp³-hybridized carbons (Fsp3) is 0.0526. The molecule has 0 aliphatic heterocycles. The number of pyridine rings is 1. The van der Waals surface area contributed by atoms with E-state index in [4.69, 9.17) is 16.3 Å². The van der Waals surface area contributed by atoms with Crippen LogP contribution in [0.4, 0.5) is 10.1 Å². The topological polar surface area (TPSA) is 51.2 Å². The third-order valence-electron chi connectivity index (χ3n) is 3.37. The number of ether oxygens (including phenoxy) is 1. The third-order valence-corrected chi connectivity index (χ3v) is 3.60. The van der Waals surface area contributed by atoms with Gasteiger partial charge in [-0.15, -0.1) is 0 Å². The van der Waals surface area contributed by atoms with Gasteiger partial charge in [0.15, 0.2) is 0 Å². The summed E-state index contributed by atoms with van der Waals surface area (Å²) in [5.41, 5.74) is 1.65. The van der Waals surface area contributed by atoms with E-state index in [1.54, 1.807) is 42.5 Å². The van der Waals surface area contributed by atoms with Gasteiger partial charge in [0.1, 0.15) is 23.9 Å². The van der Waals surface area contributed by atoms with Gasteiger partial charge in [-0.1, -0.05) is 29.8 Å². The van der Waals surface area contributed by atoms with Gasteiger partial charge in [0.25, 0.3) is 5.91 Å². The van der Waals surface area contributed by atoms with E-state index in [9.17, 15) is 9.18 Å². The first-order valence-electron chi connectivity index (χ1n) is 7.50. The maximum atomic E-state index is 12.9. The zero-order valence-corrected chi connectivity index (χ0v) is 13.8. The van der Waals surface area contributed by atoms with Crippen molar-refractivity contribution >= 4 is 23.2 Å². The Morgan fingerprint density at radius 2 is 1.92 bits per heavy atom. The van der Waals surface area contributed by atoms with E-state index in [-0.39, 0.29) is 17.4 Å². The van der Waals surface area contributed by atoms with Gasteiger partial charge in [0.2, 0.25) is 0 Å². The van der Waals surface area contributed by atoms with Crippen LogP contribution in [0.15, 0.2) is 66.9 Å². The highest BCUT2D eigenvalue weighted by atomic mass is 35.5. The van der Waals surface area contributed by atoms with Gasteiger partial charge in [-0.2, -0.15) is 0 Å². The molecule has 1 heterocycles. The number of amides is 1. The molecule has 6 heteroatoms. The molecule has 1 N–H and O–H groups in total. The zero-order valence-electron chi connectivity index (χ0n) is 13.1. The first-order chi connectivity index (χ1) is 12.1. The lowest BCUT2D eigenvalue weighted by molar-refractivity contribution is 0.102. The molecule has 2 aromatic carbocycles. The Hall–Kier alpha value is -2.92. The standard InChI is InChI=1S/C19H14ClFN2O2/c20-14-8-9-22-18(10-14)19(24)23-16-2-1-3-17(11-16)25-12-13-4-6-15(21)7-5-13/h1-11H,12H2,(H,23,24). The van der Waals surface area contributed by atoms with Crippen LogP contribution < -0.4 is 10.1 Å². The van der Waals surface area contributed by atoms with Gasteiger partial charge in [-0.05, 0) is 42.0 Å². The van der Waals surface area contributed by atoms with E-state index >= 15 is 0 Å². The summed E-state index contributed by atoms with van der Waals surface area (Å²) < 4.78 is 18.6. The van der Waals surface area contributed by atoms with Crippen LogP contribution in [0.3, 0.4) is 0 Å². The van der Waals surface area contributed by atoms with Gasteiger partial charge >= 0.3 is 0 Å². The number of carbonyl (C=O) groups excluding carboxylic acids is 1. The highest BCUT2D eigenvalue weighted by molar-refractivity contribution is 6.30. The molecule has 126 valence electrons. The Balaban J connectivity index is 1.64. The lowest BCUT2D eigenvalue weighted by atomic mass is 10.2. The molecular formula is C19H14ClFN2O2. The molecule has 3 aromatic rings. The molecule has 0 aliphatic rings. The Morgan fingerprint density at radius 1 is 1.12 bits per heavy atom. The quantitative estimate of drug-likeness (QED) is 0.720. The van der Waals surface area contributed by atoms with Crippen molar-refractivity contribution < 1.29 is 13.9 Å². The van der Waals surface area contributed by atoms with Crippen molar-refractivity contribution in [1.29, 1.82) is 0 Å². The Labute approximate surface area is 149 Å². The fourth-order valence-electron chi connectivity index (χ4n) is 2.14. The van der Waals surface area contributed by atoms with Crippen LogP contribution in [0.5, 0.6) is 5.75 Å². The van der Waals surface area contributed by atoms with Crippen molar-refractivity contribution in [3.63, 3.8) is 0 Å². The molecule has 0 aliphatic carbocycles. The van der Waals surface area contributed by atoms with E-state index in [2.05, 4.69) is 10.3 Å². The average Bonchev–Trinajstić information content (AvgIpc) is 2.61. The third kappa shape index (κ3) is 4.78. The highest BCUT2D eigenvalue weighted by Crippen LogP contribution is 2.19. The van der Waals surface area contributed by atoms with Gasteiger partial charge in [0, 0.05) is 23.0 Å². The molecule has 0 saturated heterocycles. The molecule has 0 atom stereocenters. The Bertz CT molecular complexity index is 885. The molecule has 0 spiro atoms. The summed E-state index contributed by atoms with van der Waals surface area (Å²) in [5, 5.41) is 3.18. The number of rotatable bonds is 5. The number of halogens is 2. The molecule has 1 amide bonds. The van der Waals surface area contributed by atoms with E-state index in [0.717, 1.165) is 5.56 Å². The number of aromatic nitrogens is 1. The molecule has 25 heavy (non-hydrogen) atoms. The van der Waals surface area contributed by atoms with Crippen LogP contribution in [-0.2, 0) is 6.61 Å². The van der Waals surface area contributed by atoms with Crippen molar-refractivity contribution in [3.05, 3.63) is 89.0 Å². The van der Waals surface area contributed by atoms with Crippen LogP contribution in [0.25, 0.3) is 0 Å². The van der Waals surface area contributed by atoms with Gasteiger partial charge in [-0.3, -0.25) is 9.78 Å². The maximum absolute atomic E-state index is 12.9. The smallest absolute Gasteiger partial charge is 0.274 e. The number of hydrogen-bond donors (Lipinski definition) is 1. The van der Waals surface area contributed by atoms with Crippen molar-refractivity contribution in [2.75, 3.05) is 5.32 Å². The second-order valence-corrected chi connectivity index (χ2v) is 5.69. The molecule has 0 unspecified atom stereocenters. The summed E-state index contributed by atoms with van der Waals surface area (Å²) in [6.45, 7) is 0.299. The van der Waals surface area contributed by atoms with E-state index < -0.39 is 0 Å². The van der Waals surface area contributed by atoms with E-state index in [0.29, 0.717) is 23.1 Å². The summed E-state index contributed by atoms with van der Waals surface area (Å²) in [6, 6.07) is 16.2. The van der Waals surface area contributed by atoms with Crippen molar-refractivity contribution in [2.45, 2.75) is 6.61 Å². The maximum Gasteiger partial charge on any atom is 0.274 e. The van der Waals surface area contributed by atoms with Crippen LogP contribution >= 0.6 is 11.6 Å².